The molecular formula is C36H38ClF4N7O4. The molecule has 0 unspecified atom stereocenters. The molecule has 0 atom stereocenters. The van der Waals surface area contributed by atoms with E-state index in [1.165, 1.54) is 30.3 Å². The number of amides is 2. The van der Waals surface area contributed by atoms with E-state index >= 15 is 4.39 Å². The minimum absolute atomic E-state index is 0.00528. The van der Waals surface area contributed by atoms with Gasteiger partial charge in [-0.1, -0.05) is 11.6 Å². The number of halogens is 5. The van der Waals surface area contributed by atoms with E-state index in [0.717, 1.165) is 45.3 Å². The van der Waals surface area contributed by atoms with Crippen LogP contribution < -0.4 is 20.1 Å². The summed E-state index contributed by atoms with van der Waals surface area (Å²) in [4.78, 5) is 40.7. The van der Waals surface area contributed by atoms with E-state index < -0.39 is 40.7 Å². The topological polar surface area (TPSA) is 112 Å². The summed E-state index contributed by atoms with van der Waals surface area (Å²) in [6.07, 6.45) is 1.75. The highest BCUT2D eigenvalue weighted by molar-refractivity contribution is 6.32. The Hall–Kier alpha value is -4.99. The van der Waals surface area contributed by atoms with E-state index in [0.29, 0.717) is 31.8 Å². The van der Waals surface area contributed by atoms with Gasteiger partial charge in [0.15, 0.2) is 23.2 Å². The van der Waals surface area contributed by atoms with Gasteiger partial charge in [0, 0.05) is 81.5 Å². The molecule has 1 aliphatic heterocycles. The number of carbonyl (C=O) groups is 2. The normalized spacial score (nSPS) is 13.5. The number of ether oxygens (including phenoxy) is 2. The zero-order valence-electron chi connectivity index (χ0n) is 28.8. The molecule has 5 rings (SSSR count). The lowest BCUT2D eigenvalue weighted by Crippen LogP contribution is -2.44. The molecule has 0 aliphatic carbocycles. The number of benzene rings is 3. The van der Waals surface area contributed by atoms with Crippen molar-refractivity contribution in [2.45, 2.75) is 20.3 Å². The Labute approximate surface area is 303 Å². The van der Waals surface area contributed by atoms with Crippen LogP contribution in [-0.2, 0) is 0 Å². The molecule has 1 fully saturated rings. The fourth-order valence-electron chi connectivity index (χ4n) is 5.38. The van der Waals surface area contributed by atoms with Crippen LogP contribution in [0.3, 0.4) is 0 Å². The number of hydrogen-bond acceptors (Lipinski definition) is 9. The number of piperazine rings is 1. The molecule has 0 bridgehead atoms. The summed E-state index contributed by atoms with van der Waals surface area (Å²) in [5.41, 5.74) is -0.775. The van der Waals surface area contributed by atoms with Crippen molar-refractivity contribution >= 4 is 40.7 Å². The van der Waals surface area contributed by atoms with Gasteiger partial charge in [-0.15, -0.1) is 0 Å². The summed E-state index contributed by atoms with van der Waals surface area (Å²) in [5.74, 6) is -6.38. The molecule has 52 heavy (non-hydrogen) atoms. The molecule has 4 aromatic rings. The van der Waals surface area contributed by atoms with Crippen molar-refractivity contribution in [3.8, 4) is 17.4 Å². The lowest BCUT2D eigenvalue weighted by Gasteiger charge is -2.32. The molecule has 3 aromatic carbocycles. The van der Waals surface area contributed by atoms with Gasteiger partial charge in [0.1, 0.15) is 22.8 Å². The standard InChI is InChI=1S/C36H38ClF4N7O4/c1-4-48(5-2)35(50)22-7-9-30(26(37)17-22)52-34-25(33(49)44-32-28(40)18-23(38)19-29(32)41)21-42-36(45-34)43-24-8-10-31(27(39)20-24)51-16-6-11-47-14-12-46(3)13-15-47/h7-10,17-21H,4-6,11-16H2,1-3H3,(H,44,49)(H,42,43,45). The Morgan fingerprint density at radius 1 is 0.923 bits per heavy atom. The van der Waals surface area contributed by atoms with Gasteiger partial charge in [-0.3, -0.25) is 9.59 Å². The average Bonchev–Trinajstić information content (AvgIpc) is 3.11. The number of anilines is 3. The quantitative estimate of drug-likeness (QED) is 0.105. The largest absolute Gasteiger partial charge is 0.490 e. The second kappa shape index (κ2) is 17.5. The fourth-order valence-corrected chi connectivity index (χ4v) is 5.60. The fraction of sp³-hybridized carbons (Fsp3) is 0.333. The molecule has 16 heteroatoms. The summed E-state index contributed by atoms with van der Waals surface area (Å²) in [5, 5.41) is 4.88. The summed E-state index contributed by atoms with van der Waals surface area (Å²) < 4.78 is 68.8. The number of aromatic nitrogens is 2. The van der Waals surface area contributed by atoms with Crippen LogP contribution in [0.4, 0.5) is 34.9 Å². The van der Waals surface area contributed by atoms with E-state index in [4.69, 9.17) is 21.1 Å². The van der Waals surface area contributed by atoms with Gasteiger partial charge >= 0.3 is 0 Å². The molecule has 2 N–H and O–H groups in total. The van der Waals surface area contributed by atoms with E-state index in [1.54, 1.807) is 11.0 Å². The number of carbonyl (C=O) groups excluding carboxylic acids is 2. The first kappa shape index (κ1) is 38.2. The molecule has 11 nitrogen and oxygen atoms in total. The highest BCUT2D eigenvalue weighted by Gasteiger charge is 2.23. The number of hydrogen-bond donors (Lipinski definition) is 2. The lowest BCUT2D eigenvalue weighted by atomic mass is 10.2. The van der Waals surface area contributed by atoms with Crippen LogP contribution in [0.2, 0.25) is 5.02 Å². The minimum atomic E-state index is -1.35. The predicted molar refractivity (Wildman–Crippen MR) is 189 cm³/mol. The van der Waals surface area contributed by atoms with Crippen LogP contribution in [0.25, 0.3) is 0 Å². The van der Waals surface area contributed by atoms with Gasteiger partial charge in [-0.05, 0) is 57.6 Å². The molecule has 1 aliphatic rings. The summed E-state index contributed by atoms with van der Waals surface area (Å²) in [6.45, 7) is 9.80. The van der Waals surface area contributed by atoms with Gasteiger partial charge < -0.3 is 34.8 Å². The van der Waals surface area contributed by atoms with Crippen LogP contribution in [0, 0.1) is 23.3 Å². The Balaban J connectivity index is 1.35. The van der Waals surface area contributed by atoms with Crippen LogP contribution in [0.1, 0.15) is 41.0 Å². The third-order valence-corrected chi connectivity index (χ3v) is 8.64. The van der Waals surface area contributed by atoms with Crippen molar-refractivity contribution in [1.82, 2.24) is 24.7 Å². The number of nitrogens with zero attached hydrogens (tertiary/aromatic N) is 5. The van der Waals surface area contributed by atoms with E-state index in [1.807, 2.05) is 19.2 Å². The van der Waals surface area contributed by atoms with Gasteiger partial charge in [-0.2, -0.15) is 4.98 Å². The Kier molecular flexibility index (Phi) is 12.9. The highest BCUT2D eigenvalue weighted by atomic mass is 35.5. The maximum absolute atomic E-state index is 15.0. The molecular weight excluding hydrogens is 706 g/mol. The Morgan fingerprint density at radius 3 is 2.27 bits per heavy atom. The van der Waals surface area contributed by atoms with Gasteiger partial charge in [0.25, 0.3) is 11.8 Å². The first-order chi connectivity index (χ1) is 24.9. The first-order valence-electron chi connectivity index (χ1n) is 16.7. The maximum Gasteiger partial charge on any atom is 0.262 e. The highest BCUT2D eigenvalue weighted by Crippen LogP contribution is 2.33. The van der Waals surface area contributed by atoms with E-state index in [-0.39, 0.29) is 45.2 Å². The van der Waals surface area contributed by atoms with Crippen molar-refractivity contribution in [2.75, 3.05) is 70.1 Å². The second-order valence-electron chi connectivity index (χ2n) is 12.0. The second-order valence-corrected chi connectivity index (χ2v) is 12.4. The molecule has 0 radical (unpaired) electrons. The van der Waals surface area contributed by atoms with Gasteiger partial charge in [0.2, 0.25) is 11.8 Å². The monoisotopic (exact) mass is 743 g/mol. The summed E-state index contributed by atoms with van der Waals surface area (Å²) in [6, 6.07) is 9.27. The maximum atomic E-state index is 15.0. The van der Waals surface area contributed by atoms with E-state index in [2.05, 4.69) is 32.1 Å². The predicted octanol–water partition coefficient (Wildman–Crippen LogP) is 6.97. The average molecular weight is 744 g/mol. The SMILES string of the molecule is CCN(CC)C(=O)c1ccc(Oc2nc(Nc3ccc(OCCCN4CCN(C)CC4)c(F)c3)ncc2C(=O)Nc2c(F)cc(F)cc2F)c(Cl)c1. The first-order valence-corrected chi connectivity index (χ1v) is 17.0. The molecule has 2 heterocycles. The van der Waals surface area contributed by atoms with Crippen molar-refractivity contribution in [3.63, 3.8) is 0 Å². The third kappa shape index (κ3) is 9.66. The summed E-state index contributed by atoms with van der Waals surface area (Å²) >= 11 is 6.48. The van der Waals surface area contributed by atoms with Crippen LogP contribution in [0.15, 0.2) is 54.7 Å². The van der Waals surface area contributed by atoms with Gasteiger partial charge in [0.05, 0.1) is 11.6 Å². The molecule has 1 saturated heterocycles. The Morgan fingerprint density at radius 2 is 1.62 bits per heavy atom. The van der Waals surface area contributed by atoms with Gasteiger partial charge in [-0.25, -0.2) is 22.5 Å². The Bertz CT molecular complexity index is 1890. The molecule has 0 saturated carbocycles. The lowest BCUT2D eigenvalue weighted by molar-refractivity contribution is 0.0772. The van der Waals surface area contributed by atoms with Crippen LogP contribution in [0.5, 0.6) is 17.4 Å². The number of rotatable bonds is 14. The van der Waals surface area contributed by atoms with Crippen molar-refractivity contribution in [2.24, 2.45) is 0 Å². The molecule has 276 valence electrons. The smallest absolute Gasteiger partial charge is 0.262 e. The van der Waals surface area contributed by atoms with Crippen molar-refractivity contribution < 1.29 is 36.6 Å². The van der Waals surface area contributed by atoms with Crippen molar-refractivity contribution in [1.29, 1.82) is 0 Å². The number of likely N-dealkylation sites (N-methyl/N-ethyl adjacent to an activating group) is 1. The third-order valence-electron chi connectivity index (χ3n) is 8.34. The zero-order chi connectivity index (χ0) is 37.4. The molecule has 0 spiro atoms. The zero-order valence-corrected chi connectivity index (χ0v) is 29.6. The van der Waals surface area contributed by atoms with Crippen LogP contribution in [-0.4, -0.2) is 95.9 Å². The molecule has 1 aromatic heterocycles. The minimum Gasteiger partial charge on any atom is -0.490 e. The van der Waals surface area contributed by atoms with E-state index in [9.17, 15) is 22.8 Å². The number of nitrogens with one attached hydrogen (secondary N) is 2. The summed E-state index contributed by atoms with van der Waals surface area (Å²) in [7, 11) is 2.09. The van der Waals surface area contributed by atoms with Crippen LogP contribution >= 0.6 is 11.6 Å². The molecule has 2 amide bonds. The van der Waals surface area contributed by atoms with Crippen molar-refractivity contribution in [3.05, 3.63) is 94.1 Å².